The first-order chi connectivity index (χ1) is 10.6. The number of aromatic nitrogens is 1. The van der Waals surface area contributed by atoms with Gasteiger partial charge >= 0.3 is 0 Å². The molecule has 0 aliphatic carbocycles. The number of ether oxygens (including phenoxy) is 1. The van der Waals surface area contributed by atoms with E-state index in [4.69, 9.17) is 16.3 Å². The summed E-state index contributed by atoms with van der Waals surface area (Å²) < 4.78 is 5.53. The van der Waals surface area contributed by atoms with Crippen molar-refractivity contribution in [3.05, 3.63) is 47.6 Å². The Morgan fingerprint density at radius 2 is 2.05 bits per heavy atom. The fraction of sp³-hybridized carbons (Fsp3) is 0.250. The van der Waals surface area contributed by atoms with Crippen molar-refractivity contribution in [3.8, 4) is 5.75 Å². The lowest BCUT2D eigenvalue weighted by Crippen LogP contribution is -2.44. The van der Waals surface area contributed by atoms with Gasteiger partial charge in [0.25, 0.3) is 5.91 Å². The Morgan fingerprint density at radius 3 is 2.82 bits per heavy atom. The van der Waals surface area contributed by atoms with E-state index in [1.54, 1.807) is 35.4 Å². The minimum absolute atomic E-state index is 0.0142. The van der Waals surface area contributed by atoms with Gasteiger partial charge in [-0.2, -0.15) is 0 Å². The molecular formula is C16H16ClN3O2. The Balaban J connectivity index is 1.70. The molecule has 1 amide bonds. The minimum atomic E-state index is -0.0858. The average Bonchev–Trinajstić information content (AvgIpc) is 2.55. The number of carbonyl (C=O) groups is 1. The molecular weight excluding hydrogens is 302 g/mol. The van der Waals surface area contributed by atoms with Gasteiger partial charge in [0.2, 0.25) is 0 Å². The van der Waals surface area contributed by atoms with Gasteiger partial charge < -0.3 is 14.5 Å². The van der Waals surface area contributed by atoms with Crippen molar-refractivity contribution >= 4 is 29.0 Å². The summed E-state index contributed by atoms with van der Waals surface area (Å²) in [5.41, 5.74) is 0.820. The summed E-state index contributed by atoms with van der Waals surface area (Å²) >= 11 is 5.82. The quantitative estimate of drug-likeness (QED) is 0.873. The first-order valence-electron chi connectivity index (χ1n) is 7.00. The van der Waals surface area contributed by atoms with Crippen LogP contribution in [0.1, 0.15) is 0 Å². The molecule has 0 bridgehead atoms. The van der Waals surface area contributed by atoms with Gasteiger partial charge in [-0.25, -0.2) is 4.98 Å². The Hall–Kier alpha value is -2.27. The maximum Gasteiger partial charge on any atom is 0.265 e. The second kappa shape index (κ2) is 6.23. The van der Waals surface area contributed by atoms with Gasteiger partial charge in [-0.05, 0) is 36.4 Å². The normalized spacial score (nSPS) is 13.7. The largest absolute Gasteiger partial charge is 0.484 e. The predicted octanol–water partition coefficient (Wildman–Crippen LogP) is 2.60. The fourth-order valence-corrected chi connectivity index (χ4v) is 2.51. The van der Waals surface area contributed by atoms with Crippen LogP contribution < -0.4 is 14.5 Å². The third-order valence-corrected chi connectivity index (χ3v) is 3.81. The molecule has 3 rings (SSSR count). The van der Waals surface area contributed by atoms with Crippen LogP contribution >= 0.6 is 11.6 Å². The number of halogens is 1. The van der Waals surface area contributed by atoms with Crippen molar-refractivity contribution in [2.24, 2.45) is 0 Å². The topological polar surface area (TPSA) is 45.7 Å². The van der Waals surface area contributed by atoms with E-state index in [2.05, 4.69) is 4.98 Å². The third kappa shape index (κ3) is 2.99. The van der Waals surface area contributed by atoms with E-state index in [-0.39, 0.29) is 12.5 Å². The highest BCUT2D eigenvalue weighted by atomic mass is 35.5. The molecule has 0 spiro atoms. The van der Waals surface area contributed by atoms with E-state index in [1.165, 1.54) is 0 Å². The zero-order valence-corrected chi connectivity index (χ0v) is 13.0. The molecule has 6 heteroatoms. The lowest BCUT2D eigenvalue weighted by Gasteiger charge is -2.34. The molecule has 1 aromatic carbocycles. The number of fused-ring (bicyclic) bond motifs is 1. The zero-order valence-electron chi connectivity index (χ0n) is 12.2. The van der Waals surface area contributed by atoms with Gasteiger partial charge in [0.05, 0.1) is 5.69 Å². The molecule has 114 valence electrons. The molecule has 0 radical (unpaired) electrons. The standard InChI is InChI=1S/C16H16ClN3O2/c1-19-9-10-20(14-3-2-8-18-16(14)19)15(21)11-22-13-6-4-12(17)5-7-13/h2-8H,9-11H2,1H3. The molecule has 0 atom stereocenters. The molecule has 2 heterocycles. The molecule has 0 unspecified atom stereocenters. The van der Waals surface area contributed by atoms with Crippen molar-refractivity contribution in [1.82, 2.24) is 4.98 Å². The van der Waals surface area contributed by atoms with Gasteiger partial charge in [0.15, 0.2) is 12.4 Å². The van der Waals surface area contributed by atoms with Crippen LogP contribution in [-0.2, 0) is 4.79 Å². The Morgan fingerprint density at radius 1 is 1.27 bits per heavy atom. The number of benzene rings is 1. The van der Waals surface area contributed by atoms with Gasteiger partial charge in [-0.1, -0.05) is 11.6 Å². The number of hydrogen-bond acceptors (Lipinski definition) is 4. The summed E-state index contributed by atoms with van der Waals surface area (Å²) in [5.74, 6) is 1.35. The zero-order chi connectivity index (χ0) is 15.5. The van der Waals surface area contributed by atoms with Gasteiger partial charge in [0.1, 0.15) is 5.75 Å². The summed E-state index contributed by atoms with van der Waals surface area (Å²) in [4.78, 5) is 20.5. The molecule has 0 fully saturated rings. The number of carbonyl (C=O) groups excluding carboxylic acids is 1. The van der Waals surface area contributed by atoms with Crippen molar-refractivity contribution < 1.29 is 9.53 Å². The summed E-state index contributed by atoms with van der Waals surface area (Å²) in [7, 11) is 1.97. The number of anilines is 2. The Labute approximate surface area is 134 Å². The molecule has 22 heavy (non-hydrogen) atoms. The number of amides is 1. The third-order valence-electron chi connectivity index (χ3n) is 3.55. The first kappa shape index (κ1) is 14.7. The molecule has 1 aromatic heterocycles. The smallest absolute Gasteiger partial charge is 0.265 e. The van der Waals surface area contributed by atoms with Crippen LogP contribution in [0, 0.1) is 0 Å². The van der Waals surface area contributed by atoms with E-state index in [1.807, 2.05) is 24.1 Å². The maximum atomic E-state index is 12.4. The van der Waals surface area contributed by atoms with E-state index in [0.717, 1.165) is 18.1 Å². The van der Waals surface area contributed by atoms with Crippen LogP contribution in [0.25, 0.3) is 0 Å². The number of likely N-dealkylation sites (N-methyl/N-ethyl adjacent to an activating group) is 1. The molecule has 1 aliphatic rings. The number of pyridine rings is 1. The van der Waals surface area contributed by atoms with Crippen LogP contribution in [0.15, 0.2) is 42.6 Å². The SMILES string of the molecule is CN1CCN(C(=O)COc2ccc(Cl)cc2)c2cccnc21. The summed E-state index contributed by atoms with van der Waals surface area (Å²) in [6.45, 7) is 1.36. The lowest BCUT2D eigenvalue weighted by molar-refractivity contribution is -0.120. The molecule has 5 nitrogen and oxygen atoms in total. The molecule has 0 N–H and O–H groups in total. The summed E-state index contributed by atoms with van der Waals surface area (Å²) in [5, 5.41) is 0.637. The van der Waals surface area contributed by atoms with Gasteiger partial charge in [0, 0.05) is 31.4 Å². The monoisotopic (exact) mass is 317 g/mol. The van der Waals surface area contributed by atoms with Crippen LogP contribution in [0.5, 0.6) is 5.75 Å². The van der Waals surface area contributed by atoms with Crippen LogP contribution in [0.4, 0.5) is 11.5 Å². The van der Waals surface area contributed by atoms with Crippen molar-refractivity contribution in [2.45, 2.75) is 0 Å². The minimum Gasteiger partial charge on any atom is -0.484 e. The average molecular weight is 318 g/mol. The summed E-state index contributed by atoms with van der Waals surface area (Å²) in [6.07, 6.45) is 1.73. The molecule has 2 aromatic rings. The number of hydrogen-bond donors (Lipinski definition) is 0. The first-order valence-corrected chi connectivity index (χ1v) is 7.38. The molecule has 0 saturated carbocycles. The Kier molecular flexibility index (Phi) is 4.15. The van der Waals surface area contributed by atoms with Crippen molar-refractivity contribution in [1.29, 1.82) is 0 Å². The van der Waals surface area contributed by atoms with Gasteiger partial charge in [-0.15, -0.1) is 0 Å². The second-order valence-corrected chi connectivity index (χ2v) is 5.49. The lowest BCUT2D eigenvalue weighted by atomic mass is 10.2. The van der Waals surface area contributed by atoms with E-state index in [0.29, 0.717) is 17.3 Å². The van der Waals surface area contributed by atoms with Crippen LogP contribution in [0.3, 0.4) is 0 Å². The molecule has 0 saturated heterocycles. The van der Waals surface area contributed by atoms with E-state index in [9.17, 15) is 4.79 Å². The van der Waals surface area contributed by atoms with Crippen LogP contribution in [-0.4, -0.2) is 37.6 Å². The highest BCUT2D eigenvalue weighted by molar-refractivity contribution is 6.30. The highest BCUT2D eigenvalue weighted by Gasteiger charge is 2.26. The van der Waals surface area contributed by atoms with Crippen LogP contribution in [0.2, 0.25) is 5.02 Å². The fourth-order valence-electron chi connectivity index (χ4n) is 2.38. The number of nitrogens with zero attached hydrogens (tertiary/aromatic N) is 3. The number of rotatable bonds is 3. The van der Waals surface area contributed by atoms with Crippen molar-refractivity contribution in [3.63, 3.8) is 0 Å². The highest BCUT2D eigenvalue weighted by Crippen LogP contribution is 2.29. The second-order valence-electron chi connectivity index (χ2n) is 5.06. The van der Waals surface area contributed by atoms with Gasteiger partial charge in [-0.3, -0.25) is 4.79 Å². The maximum absolute atomic E-state index is 12.4. The Bertz CT molecular complexity index is 675. The van der Waals surface area contributed by atoms with Crippen molar-refractivity contribution in [2.75, 3.05) is 36.5 Å². The van der Waals surface area contributed by atoms with E-state index >= 15 is 0 Å². The summed E-state index contributed by atoms with van der Waals surface area (Å²) in [6, 6.07) is 10.7. The molecule has 1 aliphatic heterocycles. The van der Waals surface area contributed by atoms with E-state index < -0.39 is 0 Å². The predicted molar refractivity (Wildman–Crippen MR) is 86.8 cm³/mol.